The van der Waals surface area contributed by atoms with Crippen LogP contribution in [0.2, 0.25) is 0 Å². The Kier molecular flexibility index (Phi) is 13.5. The van der Waals surface area contributed by atoms with Crippen LogP contribution in [0.25, 0.3) is 0 Å². The number of unbranched alkanes of at least 4 members (excludes halogenated alkanes) is 7. The predicted octanol–water partition coefficient (Wildman–Crippen LogP) is 5.62. The first-order chi connectivity index (χ1) is 7.91. The molecule has 0 atom stereocenters. The van der Waals surface area contributed by atoms with E-state index in [0.717, 1.165) is 12.8 Å². The first kappa shape index (κ1) is 15.2. The van der Waals surface area contributed by atoms with Crippen molar-refractivity contribution < 1.29 is 0 Å². The highest BCUT2D eigenvalue weighted by Crippen LogP contribution is 2.07. The van der Waals surface area contributed by atoms with Crippen molar-refractivity contribution in [3.05, 3.63) is 37.0 Å². The monoisotopic (exact) mass is 219 g/mol. The molecular formula is C16H27. The Bertz CT molecular complexity index is 186. The zero-order valence-corrected chi connectivity index (χ0v) is 10.8. The highest BCUT2D eigenvalue weighted by atomic mass is 13.9. The maximum atomic E-state index is 5.28. The lowest BCUT2D eigenvalue weighted by atomic mass is 10.1. The second kappa shape index (κ2) is 14.2. The first-order valence-corrected chi connectivity index (χ1v) is 6.77. The zero-order chi connectivity index (χ0) is 11.9. The zero-order valence-electron chi connectivity index (χ0n) is 10.8. The Labute approximate surface area is 102 Å². The molecule has 0 rings (SSSR count). The molecule has 0 heteroatoms. The molecule has 0 saturated heterocycles. The van der Waals surface area contributed by atoms with Crippen LogP contribution in [-0.4, -0.2) is 0 Å². The van der Waals surface area contributed by atoms with Crippen LogP contribution < -0.4 is 0 Å². The van der Waals surface area contributed by atoms with Gasteiger partial charge in [0.15, 0.2) is 0 Å². The van der Waals surface area contributed by atoms with E-state index in [2.05, 4.69) is 31.2 Å². The molecule has 0 aromatic carbocycles. The molecule has 0 fully saturated rings. The maximum absolute atomic E-state index is 5.28. The summed E-state index contributed by atoms with van der Waals surface area (Å²) in [6, 6.07) is 0. The fraction of sp³-hybridized carbons (Fsp3) is 0.625. The average Bonchev–Trinajstić information content (AvgIpc) is 2.31. The summed E-state index contributed by atoms with van der Waals surface area (Å²) in [6.45, 7) is 7.54. The molecule has 0 aromatic rings. The van der Waals surface area contributed by atoms with Gasteiger partial charge in [-0.3, -0.25) is 0 Å². The minimum Gasteiger partial charge on any atom is -0.0845 e. The van der Waals surface area contributed by atoms with Crippen LogP contribution in [0, 0.1) is 6.58 Å². The van der Waals surface area contributed by atoms with Gasteiger partial charge in [0, 0.05) is 0 Å². The molecule has 0 bridgehead atoms. The molecule has 0 amide bonds. The molecule has 0 nitrogen and oxygen atoms in total. The van der Waals surface area contributed by atoms with Crippen LogP contribution in [0.4, 0.5) is 0 Å². The van der Waals surface area contributed by atoms with Crippen LogP contribution in [-0.2, 0) is 0 Å². The normalized spacial score (nSPS) is 11.6. The molecule has 0 unspecified atom stereocenters. The van der Waals surface area contributed by atoms with Gasteiger partial charge in [0.1, 0.15) is 0 Å². The highest BCUT2D eigenvalue weighted by molar-refractivity contribution is 5.02. The Morgan fingerprint density at radius 3 is 2.06 bits per heavy atom. The summed E-state index contributed by atoms with van der Waals surface area (Å²) in [5, 5.41) is 0. The van der Waals surface area contributed by atoms with E-state index < -0.39 is 0 Å². The number of hydrogen-bond acceptors (Lipinski definition) is 0. The van der Waals surface area contributed by atoms with Crippen LogP contribution in [0.5, 0.6) is 0 Å². The third kappa shape index (κ3) is 13.2. The van der Waals surface area contributed by atoms with Crippen molar-refractivity contribution in [3.63, 3.8) is 0 Å². The van der Waals surface area contributed by atoms with Gasteiger partial charge >= 0.3 is 0 Å². The fourth-order valence-corrected chi connectivity index (χ4v) is 1.58. The van der Waals surface area contributed by atoms with Crippen LogP contribution in [0.1, 0.15) is 64.7 Å². The molecule has 0 saturated carbocycles. The van der Waals surface area contributed by atoms with Gasteiger partial charge in [0.05, 0.1) is 0 Å². The summed E-state index contributed by atoms with van der Waals surface area (Å²) >= 11 is 0. The van der Waals surface area contributed by atoms with Gasteiger partial charge in [-0.2, -0.15) is 0 Å². The second-order valence-electron chi connectivity index (χ2n) is 4.23. The van der Waals surface area contributed by atoms with E-state index in [0.29, 0.717) is 0 Å². The molecule has 0 aromatic heterocycles. The van der Waals surface area contributed by atoms with E-state index in [1.807, 2.05) is 0 Å². The average molecular weight is 219 g/mol. The van der Waals surface area contributed by atoms with E-state index in [-0.39, 0.29) is 0 Å². The molecule has 91 valence electrons. The smallest absolute Gasteiger partial charge is 0.0313 e. The van der Waals surface area contributed by atoms with E-state index in [9.17, 15) is 0 Å². The molecular weight excluding hydrogens is 192 g/mol. The van der Waals surface area contributed by atoms with Crippen molar-refractivity contribution in [1.82, 2.24) is 0 Å². The fourth-order valence-electron chi connectivity index (χ4n) is 1.58. The Balaban J connectivity index is 3.14. The van der Waals surface area contributed by atoms with Gasteiger partial charge in [0.25, 0.3) is 0 Å². The van der Waals surface area contributed by atoms with E-state index in [4.69, 9.17) is 6.58 Å². The number of hydrogen-bond donors (Lipinski definition) is 0. The lowest BCUT2D eigenvalue weighted by molar-refractivity contribution is 0.611. The van der Waals surface area contributed by atoms with Gasteiger partial charge < -0.3 is 0 Å². The summed E-state index contributed by atoms with van der Waals surface area (Å²) in [4.78, 5) is 0. The Hall–Kier alpha value is -0.780. The minimum atomic E-state index is 0.974. The summed E-state index contributed by atoms with van der Waals surface area (Å²) < 4.78 is 0. The standard InChI is InChI=1S/C16H27/c1-3-5-7-9-11-13-15-16-14-12-10-8-6-4-2/h1,3,9,11,13,15H,4-8,10,12,14,16H2,2H3. The first-order valence-electron chi connectivity index (χ1n) is 6.77. The van der Waals surface area contributed by atoms with Gasteiger partial charge in [-0.05, 0) is 25.7 Å². The van der Waals surface area contributed by atoms with Crippen molar-refractivity contribution in [3.8, 4) is 0 Å². The lowest BCUT2D eigenvalue weighted by Gasteiger charge is -1.97. The molecule has 16 heavy (non-hydrogen) atoms. The minimum absolute atomic E-state index is 0.974. The third-order valence-corrected chi connectivity index (χ3v) is 2.61. The Morgan fingerprint density at radius 2 is 1.38 bits per heavy atom. The number of allylic oxidation sites excluding steroid dienone is 5. The summed E-state index contributed by atoms with van der Waals surface area (Å²) in [5.41, 5.74) is 0. The van der Waals surface area contributed by atoms with Gasteiger partial charge in [-0.1, -0.05) is 76.0 Å². The molecule has 0 aliphatic heterocycles. The second-order valence-corrected chi connectivity index (χ2v) is 4.23. The van der Waals surface area contributed by atoms with Crippen molar-refractivity contribution in [2.45, 2.75) is 64.7 Å². The van der Waals surface area contributed by atoms with Gasteiger partial charge in [-0.25, -0.2) is 0 Å². The molecule has 1 radical (unpaired) electrons. The van der Waals surface area contributed by atoms with Gasteiger partial charge in [-0.15, -0.1) is 0 Å². The topological polar surface area (TPSA) is 0 Å². The quantitative estimate of drug-likeness (QED) is 0.312. The van der Waals surface area contributed by atoms with Crippen LogP contribution in [0.15, 0.2) is 30.4 Å². The summed E-state index contributed by atoms with van der Waals surface area (Å²) in [7, 11) is 0. The molecule has 0 spiro atoms. The van der Waals surface area contributed by atoms with Crippen LogP contribution in [0.3, 0.4) is 0 Å². The Morgan fingerprint density at radius 1 is 0.750 bits per heavy atom. The third-order valence-electron chi connectivity index (χ3n) is 2.61. The summed E-state index contributed by atoms with van der Waals surface area (Å²) in [5.74, 6) is 0. The molecule has 0 aliphatic carbocycles. The largest absolute Gasteiger partial charge is 0.0845 e. The van der Waals surface area contributed by atoms with E-state index in [1.165, 1.54) is 44.9 Å². The lowest BCUT2D eigenvalue weighted by Crippen LogP contribution is -1.77. The van der Waals surface area contributed by atoms with Crippen molar-refractivity contribution in [1.29, 1.82) is 0 Å². The van der Waals surface area contributed by atoms with E-state index >= 15 is 0 Å². The van der Waals surface area contributed by atoms with Crippen molar-refractivity contribution >= 4 is 0 Å². The van der Waals surface area contributed by atoms with Crippen molar-refractivity contribution in [2.75, 3.05) is 0 Å². The molecule has 0 aliphatic rings. The van der Waals surface area contributed by atoms with Crippen LogP contribution >= 0.6 is 0 Å². The van der Waals surface area contributed by atoms with Gasteiger partial charge in [0.2, 0.25) is 0 Å². The molecule has 0 heterocycles. The van der Waals surface area contributed by atoms with E-state index in [1.54, 1.807) is 6.08 Å². The van der Waals surface area contributed by atoms with Crippen molar-refractivity contribution in [2.24, 2.45) is 0 Å². The maximum Gasteiger partial charge on any atom is -0.0313 e. The predicted molar refractivity (Wildman–Crippen MR) is 74.4 cm³/mol. The summed E-state index contributed by atoms with van der Waals surface area (Å²) in [6.07, 6.45) is 22.0. The molecule has 0 N–H and O–H groups in total. The number of rotatable bonds is 11. The SMILES string of the molecule is [CH]=CCCC=CC=CCCCCCCCC. The highest BCUT2D eigenvalue weighted by Gasteiger charge is 1.87.